The molecule has 5 heterocycles. The molecular formula is C33H29ClF3N5O2. The van der Waals surface area contributed by atoms with Crippen LogP contribution >= 0.6 is 11.6 Å². The van der Waals surface area contributed by atoms with E-state index < -0.39 is 42.3 Å². The van der Waals surface area contributed by atoms with Crippen molar-refractivity contribution < 1.29 is 25.4 Å². The molecule has 4 fully saturated rings. The van der Waals surface area contributed by atoms with Gasteiger partial charge in [0.25, 0.3) is 0 Å². The number of anilines is 1. The highest BCUT2D eigenvalue weighted by Crippen LogP contribution is 2.45. The van der Waals surface area contributed by atoms with Crippen LogP contribution in [-0.2, 0) is 4.74 Å². The SMILES string of the molecule is [2H]C([2H])(Oc1nc(N2CCOC[C@H]3[C@H](F)[C@H]32)c2cnc(-c3cccc4ccc(Cl)c(C#C)c34)c(F)c2n1)[C@@]12CCCN1C[C@H](F)C2. The van der Waals surface area contributed by atoms with Gasteiger partial charge in [-0.1, -0.05) is 41.8 Å². The summed E-state index contributed by atoms with van der Waals surface area (Å²) in [5.41, 5.74) is -0.685. The minimum atomic E-state index is -2.41. The van der Waals surface area contributed by atoms with Crippen LogP contribution in [-0.4, -0.2) is 83.2 Å². The molecule has 7 nitrogen and oxygen atoms in total. The average molecular weight is 622 g/mol. The van der Waals surface area contributed by atoms with E-state index in [1.807, 2.05) is 6.07 Å². The van der Waals surface area contributed by atoms with Crippen LogP contribution < -0.4 is 9.64 Å². The van der Waals surface area contributed by atoms with E-state index in [1.54, 1.807) is 34.1 Å². The third-order valence-electron chi connectivity index (χ3n) is 9.42. The Bertz CT molecular complexity index is 1950. The predicted molar refractivity (Wildman–Crippen MR) is 162 cm³/mol. The average Bonchev–Trinajstić information content (AvgIpc) is 3.39. The number of fused-ring (bicyclic) bond motifs is 4. The number of pyridine rings is 1. The number of rotatable bonds is 5. The molecule has 2 aromatic heterocycles. The quantitative estimate of drug-likeness (QED) is 0.263. The van der Waals surface area contributed by atoms with E-state index in [0.717, 1.165) is 5.39 Å². The van der Waals surface area contributed by atoms with Crippen LogP contribution in [0.1, 0.15) is 27.6 Å². The van der Waals surface area contributed by atoms with Gasteiger partial charge < -0.3 is 14.4 Å². The van der Waals surface area contributed by atoms with Gasteiger partial charge in [0.05, 0.1) is 43.5 Å². The van der Waals surface area contributed by atoms with E-state index in [2.05, 4.69) is 20.9 Å². The molecule has 4 aliphatic rings. The first kappa shape index (κ1) is 25.7. The number of nitrogens with zero attached hydrogens (tertiary/aromatic N) is 5. The number of hydrogen-bond donors (Lipinski definition) is 0. The Balaban J connectivity index is 1.31. The van der Waals surface area contributed by atoms with Crippen molar-refractivity contribution in [1.82, 2.24) is 19.9 Å². The highest BCUT2D eigenvalue weighted by Gasteiger charge is 2.56. The molecule has 3 saturated heterocycles. The molecule has 5 atom stereocenters. The Morgan fingerprint density at radius 1 is 1.23 bits per heavy atom. The summed E-state index contributed by atoms with van der Waals surface area (Å²) in [6, 6.07) is 7.74. The highest BCUT2D eigenvalue weighted by atomic mass is 35.5. The summed E-state index contributed by atoms with van der Waals surface area (Å²) in [6.45, 7) is -0.962. The molecule has 11 heteroatoms. The normalized spacial score (nSPS) is 29.1. The topological polar surface area (TPSA) is 63.6 Å². The molecule has 0 N–H and O–H groups in total. The zero-order chi connectivity index (χ0) is 32.0. The Hall–Kier alpha value is -3.65. The summed E-state index contributed by atoms with van der Waals surface area (Å²) in [5.74, 6) is 1.57. The Morgan fingerprint density at radius 2 is 2.11 bits per heavy atom. The number of terminal acetylenes is 1. The minimum Gasteiger partial charge on any atom is -0.461 e. The van der Waals surface area contributed by atoms with Crippen LogP contribution in [0.4, 0.5) is 19.0 Å². The van der Waals surface area contributed by atoms with Crippen molar-refractivity contribution in [3.05, 3.63) is 52.9 Å². The summed E-state index contributed by atoms with van der Waals surface area (Å²) in [4.78, 5) is 17.0. The van der Waals surface area contributed by atoms with Crippen LogP contribution in [0.3, 0.4) is 0 Å². The van der Waals surface area contributed by atoms with Crippen molar-refractivity contribution in [2.75, 3.05) is 44.3 Å². The standard InChI is InChI=1S/C33H29ClF3N5O2/c1-2-20-24(34)8-7-18-5-3-6-21(25(18)20)28-27(37)29-22(14-38-28)31(42-11-12-43-16-23-26(36)30(23)42)40-32(39-29)44-17-33-9-4-10-41(33)15-19(35)13-33/h1,3,5-8,14,19,23,26,30H,4,9-13,15-17H2/t19-,23+,26+,30+,33+/m1/s1/i17D2. The van der Waals surface area contributed by atoms with Gasteiger partial charge in [-0.15, -0.1) is 6.42 Å². The molecule has 0 spiro atoms. The Kier molecular flexibility index (Phi) is 6.10. The summed E-state index contributed by atoms with van der Waals surface area (Å²) in [5, 5.41) is 1.81. The van der Waals surface area contributed by atoms with E-state index in [0.29, 0.717) is 40.9 Å². The first-order valence-electron chi connectivity index (χ1n) is 15.7. The number of halogens is 4. The molecular weight excluding hydrogens is 591 g/mol. The summed E-state index contributed by atoms with van der Waals surface area (Å²) >= 11 is 6.43. The second-order valence-electron chi connectivity index (χ2n) is 11.9. The first-order chi connectivity index (χ1) is 22.1. The van der Waals surface area contributed by atoms with Crippen molar-refractivity contribution in [1.29, 1.82) is 0 Å². The predicted octanol–water partition coefficient (Wildman–Crippen LogP) is 5.75. The molecule has 2 aromatic carbocycles. The fraction of sp³-hybridized carbons (Fsp3) is 0.424. The number of benzene rings is 2. The zero-order valence-corrected chi connectivity index (χ0v) is 24.3. The van der Waals surface area contributed by atoms with E-state index in [4.69, 9.17) is 30.2 Å². The maximum absolute atomic E-state index is 16.8. The van der Waals surface area contributed by atoms with Gasteiger partial charge >= 0.3 is 6.01 Å². The van der Waals surface area contributed by atoms with Gasteiger partial charge in [-0.3, -0.25) is 9.88 Å². The van der Waals surface area contributed by atoms with Gasteiger partial charge in [0.1, 0.15) is 35.9 Å². The van der Waals surface area contributed by atoms with Gasteiger partial charge in [-0.2, -0.15) is 9.97 Å². The molecule has 226 valence electrons. The largest absolute Gasteiger partial charge is 0.461 e. The molecule has 0 radical (unpaired) electrons. The lowest BCUT2D eigenvalue weighted by atomic mass is 9.95. The lowest BCUT2D eigenvalue weighted by Crippen LogP contribution is -2.43. The van der Waals surface area contributed by atoms with Crippen molar-refractivity contribution in [3.63, 3.8) is 0 Å². The van der Waals surface area contributed by atoms with Crippen molar-refractivity contribution in [2.45, 2.75) is 43.2 Å². The van der Waals surface area contributed by atoms with Crippen LogP contribution in [0.5, 0.6) is 6.01 Å². The highest BCUT2D eigenvalue weighted by molar-refractivity contribution is 6.33. The molecule has 3 aliphatic heterocycles. The molecule has 0 bridgehead atoms. The molecule has 8 rings (SSSR count). The minimum absolute atomic E-state index is 0.0409. The van der Waals surface area contributed by atoms with Crippen molar-refractivity contribution >= 4 is 39.1 Å². The zero-order valence-electron chi connectivity index (χ0n) is 25.6. The first-order valence-corrected chi connectivity index (χ1v) is 15.1. The van der Waals surface area contributed by atoms with Gasteiger partial charge in [-0.05, 0) is 30.8 Å². The molecule has 44 heavy (non-hydrogen) atoms. The number of ether oxygens (including phenoxy) is 2. The second kappa shape index (κ2) is 10.5. The summed E-state index contributed by atoms with van der Waals surface area (Å²) in [7, 11) is 0. The van der Waals surface area contributed by atoms with Crippen molar-refractivity contribution in [3.8, 4) is 29.6 Å². The maximum Gasteiger partial charge on any atom is 0.319 e. The van der Waals surface area contributed by atoms with Gasteiger partial charge in [0.15, 0.2) is 5.82 Å². The molecule has 0 amide bonds. The van der Waals surface area contributed by atoms with E-state index in [9.17, 15) is 8.78 Å². The lowest BCUT2D eigenvalue weighted by molar-refractivity contribution is 0.107. The van der Waals surface area contributed by atoms with Crippen LogP contribution in [0.2, 0.25) is 5.02 Å². The maximum atomic E-state index is 16.8. The number of hydrogen-bond acceptors (Lipinski definition) is 7. The fourth-order valence-electron chi connectivity index (χ4n) is 7.25. The monoisotopic (exact) mass is 621 g/mol. The fourth-order valence-corrected chi connectivity index (χ4v) is 7.47. The number of alkyl halides is 2. The summed E-state index contributed by atoms with van der Waals surface area (Å²) < 4.78 is 76.0. The summed E-state index contributed by atoms with van der Waals surface area (Å²) in [6.07, 6.45) is 5.90. The molecule has 1 saturated carbocycles. The van der Waals surface area contributed by atoms with E-state index >= 15 is 4.39 Å². The Labute approximate surface area is 260 Å². The number of aromatic nitrogens is 3. The van der Waals surface area contributed by atoms with Gasteiger partial charge in [0, 0.05) is 42.6 Å². The molecule has 1 aliphatic carbocycles. The lowest BCUT2D eigenvalue weighted by Gasteiger charge is -2.31. The van der Waals surface area contributed by atoms with Crippen LogP contribution in [0, 0.1) is 24.1 Å². The third-order valence-corrected chi connectivity index (χ3v) is 9.74. The Morgan fingerprint density at radius 3 is 2.98 bits per heavy atom. The second-order valence-corrected chi connectivity index (χ2v) is 12.3. The van der Waals surface area contributed by atoms with Gasteiger partial charge in [-0.25, -0.2) is 13.2 Å². The molecule has 4 aromatic rings. The van der Waals surface area contributed by atoms with Crippen molar-refractivity contribution in [2.24, 2.45) is 5.92 Å². The van der Waals surface area contributed by atoms with Gasteiger partial charge in [0.2, 0.25) is 0 Å². The van der Waals surface area contributed by atoms with E-state index in [1.165, 1.54) is 6.20 Å². The third kappa shape index (κ3) is 4.31. The van der Waals surface area contributed by atoms with E-state index in [-0.39, 0.29) is 61.1 Å². The van der Waals surface area contributed by atoms with Crippen LogP contribution in [0.15, 0.2) is 36.5 Å². The smallest absolute Gasteiger partial charge is 0.319 e. The molecule has 0 unspecified atom stereocenters. The van der Waals surface area contributed by atoms with Crippen LogP contribution in [0.25, 0.3) is 32.9 Å².